The van der Waals surface area contributed by atoms with Crippen LogP contribution in [0.4, 0.5) is 0 Å². The van der Waals surface area contributed by atoms with Gasteiger partial charge in [-0.1, -0.05) is 0 Å². The van der Waals surface area contributed by atoms with E-state index in [1.54, 1.807) is 23.4 Å². The van der Waals surface area contributed by atoms with Gasteiger partial charge in [0.2, 0.25) is 11.8 Å². The van der Waals surface area contributed by atoms with Crippen molar-refractivity contribution in [3.05, 3.63) is 40.9 Å². The number of rotatable bonds is 4. The fourth-order valence-corrected chi connectivity index (χ4v) is 2.74. The van der Waals surface area contributed by atoms with E-state index in [2.05, 4.69) is 30.9 Å². The highest BCUT2D eigenvalue weighted by Gasteiger charge is 2.29. The molecule has 0 unspecified atom stereocenters. The van der Waals surface area contributed by atoms with Gasteiger partial charge in [0.15, 0.2) is 0 Å². The van der Waals surface area contributed by atoms with Gasteiger partial charge in [-0.3, -0.25) is 14.8 Å². The highest BCUT2D eigenvalue weighted by molar-refractivity contribution is 9.10. The van der Waals surface area contributed by atoms with Gasteiger partial charge >= 0.3 is 0 Å². The molecule has 1 atom stereocenters. The zero-order valence-electron chi connectivity index (χ0n) is 12.5. The smallest absolute Gasteiger partial charge is 0.255 e. The van der Waals surface area contributed by atoms with Crippen LogP contribution >= 0.6 is 15.9 Å². The number of aromatic nitrogens is 3. The fraction of sp³-hybridized carbons (Fsp3) is 0.333. The molecule has 2 aromatic rings. The van der Waals surface area contributed by atoms with E-state index in [-0.39, 0.29) is 12.0 Å². The molecule has 0 saturated carbocycles. The fourth-order valence-electron chi connectivity index (χ4n) is 2.38. The topological polar surface area (TPSA) is 77.4 Å². The summed E-state index contributed by atoms with van der Waals surface area (Å²) >= 11 is 3.32. The van der Waals surface area contributed by atoms with Crippen molar-refractivity contribution in [3.63, 3.8) is 0 Å². The summed E-state index contributed by atoms with van der Waals surface area (Å²) in [5.74, 6) is 0.739. The Morgan fingerprint density at radius 3 is 2.83 bits per heavy atom. The standard InChI is InChI=1S/C15H15BrN4O3/c1-22-13-7-18-8-14(19-13)23-12-2-3-20(9-12)15(21)10-4-11(16)6-17-5-10/h4-8,12H,2-3,9H2,1H3/t12-/m0/s1. The summed E-state index contributed by atoms with van der Waals surface area (Å²) in [6, 6.07) is 1.76. The van der Waals surface area contributed by atoms with Crippen LogP contribution in [0.2, 0.25) is 0 Å². The Morgan fingerprint density at radius 1 is 1.26 bits per heavy atom. The molecule has 8 heteroatoms. The Morgan fingerprint density at radius 2 is 2.04 bits per heavy atom. The molecule has 1 aliphatic heterocycles. The lowest BCUT2D eigenvalue weighted by molar-refractivity contribution is 0.0770. The maximum atomic E-state index is 12.5. The summed E-state index contributed by atoms with van der Waals surface area (Å²) in [5, 5.41) is 0. The summed E-state index contributed by atoms with van der Waals surface area (Å²) in [4.78, 5) is 26.4. The summed E-state index contributed by atoms with van der Waals surface area (Å²) in [5.41, 5.74) is 0.557. The number of ether oxygens (including phenoxy) is 2. The Kier molecular flexibility index (Phi) is 4.71. The van der Waals surface area contributed by atoms with Crippen molar-refractivity contribution in [2.75, 3.05) is 20.2 Å². The molecule has 0 spiro atoms. The number of carbonyl (C=O) groups excluding carboxylic acids is 1. The van der Waals surface area contributed by atoms with Crippen molar-refractivity contribution >= 4 is 21.8 Å². The number of pyridine rings is 1. The van der Waals surface area contributed by atoms with E-state index in [0.717, 1.165) is 10.9 Å². The Labute approximate surface area is 141 Å². The summed E-state index contributed by atoms with van der Waals surface area (Å²) in [6.07, 6.45) is 6.89. The van der Waals surface area contributed by atoms with Crippen molar-refractivity contribution in [1.29, 1.82) is 0 Å². The molecule has 1 amide bonds. The molecule has 1 aliphatic rings. The maximum absolute atomic E-state index is 12.5. The first-order valence-corrected chi connectivity index (χ1v) is 7.87. The van der Waals surface area contributed by atoms with Gasteiger partial charge in [0.05, 0.1) is 31.6 Å². The van der Waals surface area contributed by atoms with Crippen molar-refractivity contribution in [2.24, 2.45) is 0 Å². The largest absolute Gasteiger partial charge is 0.480 e. The third kappa shape index (κ3) is 3.76. The number of hydrogen-bond donors (Lipinski definition) is 0. The zero-order valence-corrected chi connectivity index (χ0v) is 14.1. The highest BCUT2D eigenvalue weighted by Crippen LogP contribution is 2.20. The molecule has 3 heterocycles. The zero-order chi connectivity index (χ0) is 16.2. The number of carbonyl (C=O) groups is 1. The molecule has 0 N–H and O–H groups in total. The third-order valence-corrected chi connectivity index (χ3v) is 3.90. The minimum atomic E-state index is -0.111. The molecule has 2 aromatic heterocycles. The van der Waals surface area contributed by atoms with Crippen LogP contribution in [-0.4, -0.2) is 52.1 Å². The Hall–Kier alpha value is -2.22. The third-order valence-electron chi connectivity index (χ3n) is 3.47. The molecule has 0 aromatic carbocycles. The van der Waals surface area contributed by atoms with E-state index >= 15 is 0 Å². The van der Waals surface area contributed by atoms with Crippen LogP contribution < -0.4 is 9.47 Å². The van der Waals surface area contributed by atoms with Crippen molar-refractivity contribution in [3.8, 4) is 11.8 Å². The second-order valence-electron chi connectivity index (χ2n) is 5.07. The lowest BCUT2D eigenvalue weighted by atomic mass is 10.2. The number of methoxy groups -OCH3 is 1. The van der Waals surface area contributed by atoms with Crippen LogP contribution in [0.1, 0.15) is 16.8 Å². The van der Waals surface area contributed by atoms with Crippen LogP contribution in [0, 0.1) is 0 Å². The summed E-state index contributed by atoms with van der Waals surface area (Å²) < 4.78 is 11.6. The minimum Gasteiger partial charge on any atom is -0.480 e. The molecule has 120 valence electrons. The summed E-state index contributed by atoms with van der Waals surface area (Å²) in [6.45, 7) is 1.14. The van der Waals surface area contributed by atoms with E-state index in [4.69, 9.17) is 9.47 Å². The van der Waals surface area contributed by atoms with Gasteiger partial charge in [0, 0.05) is 29.8 Å². The van der Waals surface area contributed by atoms with E-state index in [1.807, 2.05) is 0 Å². The van der Waals surface area contributed by atoms with Gasteiger partial charge in [-0.2, -0.15) is 4.98 Å². The van der Waals surface area contributed by atoms with E-state index in [9.17, 15) is 4.79 Å². The number of hydrogen-bond acceptors (Lipinski definition) is 6. The van der Waals surface area contributed by atoms with Crippen molar-refractivity contribution < 1.29 is 14.3 Å². The molecule has 0 radical (unpaired) electrons. The van der Waals surface area contributed by atoms with Crippen molar-refractivity contribution in [1.82, 2.24) is 19.9 Å². The molecule has 3 rings (SSSR count). The predicted molar refractivity (Wildman–Crippen MR) is 85.5 cm³/mol. The van der Waals surface area contributed by atoms with Gasteiger partial charge < -0.3 is 14.4 Å². The van der Waals surface area contributed by atoms with Crippen LogP contribution in [0.3, 0.4) is 0 Å². The van der Waals surface area contributed by atoms with E-state index in [1.165, 1.54) is 19.5 Å². The average Bonchev–Trinajstić information content (AvgIpc) is 3.03. The van der Waals surface area contributed by atoms with Crippen LogP contribution in [0.25, 0.3) is 0 Å². The Balaban J connectivity index is 1.63. The normalized spacial score (nSPS) is 17.1. The number of likely N-dealkylation sites (tertiary alicyclic amines) is 1. The quantitative estimate of drug-likeness (QED) is 0.808. The monoisotopic (exact) mass is 378 g/mol. The van der Waals surface area contributed by atoms with Crippen LogP contribution in [0.15, 0.2) is 35.3 Å². The molecule has 7 nitrogen and oxygen atoms in total. The van der Waals surface area contributed by atoms with Gasteiger partial charge in [0.25, 0.3) is 5.91 Å². The molecule has 1 saturated heterocycles. The molecule has 0 aliphatic carbocycles. The van der Waals surface area contributed by atoms with Gasteiger partial charge in [-0.15, -0.1) is 0 Å². The number of halogens is 1. The first-order chi connectivity index (χ1) is 11.2. The maximum Gasteiger partial charge on any atom is 0.255 e. The van der Waals surface area contributed by atoms with Crippen LogP contribution in [0.5, 0.6) is 11.8 Å². The minimum absolute atomic E-state index is 0.0540. The molecule has 1 fully saturated rings. The first kappa shape index (κ1) is 15.7. The number of nitrogens with zero attached hydrogens (tertiary/aromatic N) is 4. The lowest BCUT2D eigenvalue weighted by Gasteiger charge is -2.17. The van der Waals surface area contributed by atoms with Crippen LogP contribution in [-0.2, 0) is 0 Å². The molecule has 23 heavy (non-hydrogen) atoms. The average molecular weight is 379 g/mol. The SMILES string of the molecule is COc1cncc(O[C@H]2CCN(C(=O)c3cncc(Br)c3)C2)n1. The second-order valence-corrected chi connectivity index (χ2v) is 5.99. The lowest BCUT2D eigenvalue weighted by Crippen LogP contribution is -2.31. The van der Waals surface area contributed by atoms with Gasteiger partial charge in [-0.05, 0) is 22.0 Å². The van der Waals surface area contributed by atoms with Gasteiger partial charge in [0.1, 0.15) is 6.10 Å². The number of amides is 1. The molecular weight excluding hydrogens is 364 g/mol. The van der Waals surface area contributed by atoms with E-state index < -0.39 is 0 Å². The Bertz CT molecular complexity index is 713. The van der Waals surface area contributed by atoms with Crippen molar-refractivity contribution in [2.45, 2.75) is 12.5 Å². The van der Waals surface area contributed by atoms with Gasteiger partial charge in [-0.25, -0.2) is 0 Å². The molecule has 0 bridgehead atoms. The second kappa shape index (κ2) is 6.91. The first-order valence-electron chi connectivity index (χ1n) is 7.08. The predicted octanol–water partition coefficient (Wildman–Crippen LogP) is 1.94. The summed E-state index contributed by atoms with van der Waals surface area (Å²) in [7, 11) is 1.52. The van der Waals surface area contributed by atoms with E-state index in [0.29, 0.717) is 30.4 Å². The molecular formula is C15H15BrN4O3. The highest BCUT2D eigenvalue weighted by atomic mass is 79.9.